The minimum atomic E-state index is -0.235. The van der Waals surface area contributed by atoms with Crippen LogP contribution in [0.25, 0.3) is 0 Å². The first-order valence-corrected chi connectivity index (χ1v) is 8.82. The highest BCUT2D eigenvalue weighted by atomic mass is 16.5. The van der Waals surface area contributed by atoms with Crippen LogP contribution >= 0.6 is 0 Å². The van der Waals surface area contributed by atoms with Gasteiger partial charge in [-0.25, -0.2) is 0 Å². The molecule has 3 rings (SSSR count). The molecule has 2 aliphatic heterocycles. The second-order valence-corrected chi connectivity index (χ2v) is 6.57. The lowest BCUT2D eigenvalue weighted by atomic mass is 9.79. The van der Waals surface area contributed by atoms with E-state index in [0.717, 1.165) is 12.8 Å². The van der Waals surface area contributed by atoms with Crippen molar-refractivity contribution in [1.29, 1.82) is 0 Å². The standard InChI is InChI=1S/C18H25N3O4/c1-2-24-11-16(22)21-12-18(13-21)15(6-9-25-18)5-8-20-17(23)14-4-3-7-19-10-14/h3-4,7,10,15H,2,5-6,8-9,11-13H2,1H3,(H,20,23)/t15-/m0/s1. The molecule has 1 atom stereocenters. The number of likely N-dealkylation sites (tertiary alicyclic amines) is 1. The van der Waals surface area contributed by atoms with Crippen molar-refractivity contribution in [2.75, 3.05) is 39.5 Å². The molecule has 3 heterocycles. The van der Waals surface area contributed by atoms with Crippen LogP contribution in [0.3, 0.4) is 0 Å². The summed E-state index contributed by atoms with van der Waals surface area (Å²) < 4.78 is 11.1. The molecule has 0 unspecified atom stereocenters. The van der Waals surface area contributed by atoms with Crippen LogP contribution in [0, 0.1) is 5.92 Å². The van der Waals surface area contributed by atoms with Gasteiger partial charge in [-0.15, -0.1) is 0 Å². The summed E-state index contributed by atoms with van der Waals surface area (Å²) in [5, 5.41) is 2.94. The first kappa shape index (κ1) is 17.8. The van der Waals surface area contributed by atoms with Crippen LogP contribution in [0.2, 0.25) is 0 Å². The fourth-order valence-corrected chi connectivity index (χ4v) is 3.56. The highest BCUT2D eigenvalue weighted by Crippen LogP contribution is 2.41. The maximum Gasteiger partial charge on any atom is 0.252 e. The number of aromatic nitrogens is 1. The minimum Gasteiger partial charge on any atom is -0.372 e. The van der Waals surface area contributed by atoms with E-state index in [4.69, 9.17) is 9.47 Å². The maximum absolute atomic E-state index is 12.1. The van der Waals surface area contributed by atoms with E-state index in [-0.39, 0.29) is 24.0 Å². The van der Waals surface area contributed by atoms with E-state index in [1.807, 2.05) is 6.92 Å². The van der Waals surface area contributed by atoms with Gasteiger partial charge in [0.25, 0.3) is 5.91 Å². The molecule has 0 bridgehead atoms. The van der Waals surface area contributed by atoms with Crippen LogP contribution in [0.15, 0.2) is 24.5 Å². The van der Waals surface area contributed by atoms with Crippen molar-refractivity contribution in [1.82, 2.24) is 15.2 Å². The molecule has 0 aliphatic carbocycles. The van der Waals surface area contributed by atoms with E-state index in [1.54, 1.807) is 29.4 Å². The number of pyridine rings is 1. The average Bonchev–Trinajstić information content (AvgIpc) is 3.03. The molecule has 1 spiro atoms. The Morgan fingerprint density at radius 1 is 1.48 bits per heavy atom. The number of nitrogens with zero attached hydrogens (tertiary/aromatic N) is 2. The largest absolute Gasteiger partial charge is 0.372 e. The van der Waals surface area contributed by atoms with Gasteiger partial charge in [-0.3, -0.25) is 14.6 Å². The number of carbonyl (C=O) groups is 2. The normalized spacial score (nSPS) is 21.2. The molecular weight excluding hydrogens is 322 g/mol. The van der Waals surface area contributed by atoms with E-state index in [9.17, 15) is 9.59 Å². The molecule has 0 aromatic carbocycles. The van der Waals surface area contributed by atoms with Crippen molar-refractivity contribution in [2.45, 2.75) is 25.4 Å². The summed E-state index contributed by atoms with van der Waals surface area (Å²) in [4.78, 5) is 29.8. The Labute approximate surface area is 147 Å². The lowest BCUT2D eigenvalue weighted by Crippen LogP contribution is -2.66. The van der Waals surface area contributed by atoms with Gasteiger partial charge in [0.2, 0.25) is 5.91 Å². The molecular formula is C18H25N3O4. The smallest absolute Gasteiger partial charge is 0.252 e. The number of rotatable bonds is 7. The second kappa shape index (κ2) is 7.93. The van der Waals surface area contributed by atoms with Crippen LogP contribution in [0.4, 0.5) is 0 Å². The summed E-state index contributed by atoms with van der Waals surface area (Å²) in [6.45, 7) is 5.12. The van der Waals surface area contributed by atoms with Gasteiger partial charge in [0.15, 0.2) is 0 Å². The topological polar surface area (TPSA) is 80.8 Å². The maximum atomic E-state index is 12.1. The monoisotopic (exact) mass is 347 g/mol. The molecule has 25 heavy (non-hydrogen) atoms. The summed E-state index contributed by atoms with van der Waals surface area (Å²) >= 11 is 0. The molecule has 2 fully saturated rings. The molecule has 0 radical (unpaired) electrons. The number of ether oxygens (including phenoxy) is 2. The fraction of sp³-hybridized carbons (Fsp3) is 0.611. The first-order chi connectivity index (χ1) is 12.1. The Hall–Kier alpha value is -1.99. The number of carbonyl (C=O) groups excluding carboxylic acids is 2. The molecule has 1 aromatic rings. The Morgan fingerprint density at radius 2 is 2.32 bits per heavy atom. The van der Waals surface area contributed by atoms with Crippen molar-refractivity contribution in [3.63, 3.8) is 0 Å². The van der Waals surface area contributed by atoms with Gasteiger partial charge in [0, 0.05) is 32.2 Å². The summed E-state index contributed by atoms with van der Waals surface area (Å²) in [7, 11) is 0. The van der Waals surface area contributed by atoms with E-state index in [1.165, 1.54) is 0 Å². The lowest BCUT2D eigenvalue weighted by molar-refractivity contribution is -0.169. The van der Waals surface area contributed by atoms with Gasteiger partial charge in [-0.2, -0.15) is 0 Å². The molecule has 2 amide bonds. The van der Waals surface area contributed by atoms with Crippen LogP contribution in [0.1, 0.15) is 30.1 Å². The van der Waals surface area contributed by atoms with Crippen LogP contribution < -0.4 is 5.32 Å². The lowest BCUT2D eigenvalue weighted by Gasteiger charge is -2.50. The minimum absolute atomic E-state index is 0.0200. The van der Waals surface area contributed by atoms with Gasteiger partial charge >= 0.3 is 0 Å². The molecule has 7 heteroatoms. The van der Waals surface area contributed by atoms with Crippen molar-refractivity contribution in [3.8, 4) is 0 Å². The van der Waals surface area contributed by atoms with Crippen LogP contribution in [-0.4, -0.2) is 66.8 Å². The molecule has 136 valence electrons. The Bertz CT molecular complexity index is 602. The zero-order chi connectivity index (χ0) is 17.7. The van der Waals surface area contributed by atoms with Gasteiger partial charge in [0.05, 0.1) is 18.7 Å². The second-order valence-electron chi connectivity index (χ2n) is 6.57. The van der Waals surface area contributed by atoms with E-state index >= 15 is 0 Å². The highest BCUT2D eigenvalue weighted by molar-refractivity contribution is 5.93. The van der Waals surface area contributed by atoms with Crippen molar-refractivity contribution in [3.05, 3.63) is 30.1 Å². The quantitative estimate of drug-likeness (QED) is 0.791. The van der Waals surface area contributed by atoms with E-state index in [0.29, 0.717) is 44.3 Å². The van der Waals surface area contributed by atoms with Gasteiger partial charge in [0.1, 0.15) is 12.2 Å². The molecule has 2 saturated heterocycles. The van der Waals surface area contributed by atoms with Gasteiger partial charge in [-0.05, 0) is 37.8 Å². The highest BCUT2D eigenvalue weighted by Gasteiger charge is 2.53. The SMILES string of the molecule is CCOCC(=O)N1CC2(C1)OCC[C@@H]2CCNC(=O)c1cccnc1. The van der Waals surface area contributed by atoms with Crippen LogP contribution in [-0.2, 0) is 14.3 Å². The Balaban J connectivity index is 1.44. The zero-order valence-electron chi connectivity index (χ0n) is 14.6. The predicted molar refractivity (Wildman–Crippen MR) is 91.1 cm³/mol. The number of hydrogen-bond acceptors (Lipinski definition) is 5. The summed E-state index contributed by atoms with van der Waals surface area (Å²) in [6.07, 6.45) is 5.02. The van der Waals surface area contributed by atoms with Gasteiger partial charge < -0.3 is 19.7 Å². The number of hydrogen-bond donors (Lipinski definition) is 1. The summed E-state index contributed by atoms with van der Waals surface area (Å²) in [5.41, 5.74) is 0.331. The number of nitrogens with one attached hydrogen (secondary N) is 1. The fourth-order valence-electron chi connectivity index (χ4n) is 3.56. The van der Waals surface area contributed by atoms with E-state index < -0.39 is 0 Å². The predicted octanol–water partition coefficient (Wildman–Crippen LogP) is 0.856. The first-order valence-electron chi connectivity index (χ1n) is 8.82. The molecule has 1 aromatic heterocycles. The molecule has 0 saturated carbocycles. The third-order valence-corrected chi connectivity index (χ3v) is 5.00. The molecule has 7 nitrogen and oxygen atoms in total. The Kier molecular flexibility index (Phi) is 5.65. The third-order valence-electron chi connectivity index (χ3n) is 5.00. The Morgan fingerprint density at radius 3 is 3.04 bits per heavy atom. The van der Waals surface area contributed by atoms with Gasteiger partial charge in [-0.1, -0.05) is 0 Å². The van der Waals surface area contributed by atoms with E-state index in [2.05, 4.69) is 10.3 Å². The molecule has 1 N–H and O–H groups in total. The van der Waals surface area contributed by atoms with Crippen LogP contribution in [0.5, 0.6) is 0 Å². The average molecular weight is 347 g/mol. The number of amides is 2. The van der Waals surface area contributed by atoms with Crippen molar-refractivity contribution in [2.24, 2.45) is 5.92 Å². The zero-order valence-corrected chi connectivity index (χ0v) is 14.6. The van der Waals surface area contributed by atoms with Crippen molar-refractivity contribution >= 4 is 11.8 Å². The third kappa shape index (κ3) is 3.99. The summed E-state index contributed by atoms with van der Waals surface area (Å²) in [5.74, 6) is 0.271. The molecule has 2 aliphatic rings. The van der Waals surface area contributed by atoms with Crippen molar-refractivity contribution < 1.29 is 19.1 Å². The summed E-state index contributed by atoms with van der Waals surface area (Å²) in [6, 6.07) is 3.49.